The van der Waals surface area contributed by atoms with Crippen LogP contribution in [-0.4, -0.2) is 154 Å². The summed E-state index contributed by atoms with van der Waals surface area (Å²) in [5.74, 6) is -4.56. The van der Waals surface area contributed by atoms with E-state index in [-0.39, 0.29) is 114 Å². The Hall–Kier alpha value is -7.72. The molecule has 4 aromatic rings. The summed E-state index contributed by atoms with van der Waals surface area (Å²) in [6, 6.07) is 5.21. The molecule has 0 spiro atoms. The third-order valence-electron chi connectivity index (χ3n) is 11.6. The van der Waals surface area contributed by atoms with E-state index >= 15 is 9.59 Å². The minimum absolute atomic E-state index is 0.0000521. The number of methoxy groups -OCH3 is 13. The van der Waals surface area contributed by atoms with Gasteiger partial charge in [-0.25, -0.2) is 19.2 Å². The first-order valence-electron chi connectivity index (χ1n) is 20.6. The highest BCUT2D eigenvalue weighted by atomic mass is 16.7. The smallest absolute Gasteiger partial charge is 0.339 e. The van der Waals surface area contributed by atoms with Crippen molar-refractivity contribution in [3.05, 3.63) is 46.5 Å². The number of carbonyl (C=O) groups excluding carboxylic acids is 4. The molecular formula is C47H50O22. The maximum atomic E-state index is 15.2. The first kappa shape index (κ1) is 49.2. The molecule has 22 nitrogen and oxygen atoms in total. The van der Waals surface area contributed by atoms with Crippen LogP contribution in [0.1, 0.15) is 41.4 Å². The van der Waals surface area contributed by atoms with Gasteiger partial charge in [0.15, 0.2) is 70.6 Å². The van der Waals surface area contributed by atoms with Gasteiger partial charge in [-0.05, 0) is 24.3 Å². The van der Waals surface area contributed by atoms with Gasteiger partial charge in [0.05, 0.1) is 108 Å². The average Bonchev–Trinajstić information content (AvgIpc) is 3.38. The Kier molecular flexibility index (Phi) is 14.4. The van der Waals surface area contributed by atoms with Crippen LogP contribution in [0.4, 0.5) is 0 Å². The Morgan fingerprint density at radius 2 is 0.652 bits per heavy atom. The van der Waals surface area contributed by atoms with Crippen LogP contribution in [0, 0.1) is 0 Å². The van der Waals surface area contributed by atoms with Gasteiger partial charge in [0.1, 0.15) is 12.7 Å². The number of fused-ring (bicyclic) bond motifs is 9. The fraction of sp³-hybridized carbons (Fsp3) is 0.404. The van der Waals surface area contributed by atoms with Crippen molar-refractivity contribution in [2.75, 3.05) is 99.0 Å². The van der Waals surface area contributed by atoms with E-state index < -0.39 is 61.2 Å². The lowest BCUT2D eigenvalue weighted by Crippen LogP contribution is -2.63. The average molecular weight is 967 g/mol. The van der Waals surface area contributed by atoms with Gasteiger partial charge in [-0.15, -0.1) is 0 Å². The summed E-state index contributed by atoms with van der Waals surface area (Å²) in [6.07, 6.45) is -8.42. The number of hydrogen-bond acceptors (Lipinski definition) is 22. The first-order valence-corrected chi connectivity index (χ1v) is 20.6. The van der Waals surface area contributed by atoms with Crippen molar-refractivity contribution in [2.45, 2.75) is 30.7 Å². The molecule has 0 radical (unpaired) electrons. The van der Waals surface area contributed by atoms with E-state index in [9.17, 15) is 9.59 Å². The lowest BCUT2D eigenvalue weighted by atomic mass is 9.90. The van der Waals surface area contributed by atoms with E-state index in [2.05, 4.69) is 0 Å². The number of ether oxygens (including phenoxy) is 18. The van der Waals surface area contributed by atoms with Crippen LogP contribution in [0.25, 0.3) is 22.3 Å². The predicted molar refractivity (Wildman–Crippen MR) is 236 cm³/mol. The summed E-state index contributed by atoms with van der Waals surface area (Å²) in [7, 11) is 17.2. The van der Waals surface area contributed by atoms with E-state index in [0.717, 1.165) is 0 Å². The summed E-state index contributed by atoms with van der Waals surface area (Å²) in [4.78, 5) is 60.0. The topological polar surface area (TPSA) is 234 Å². The number of hydrogen-bond donors (Lipinski definition) is 0. The molecule has 370 valence electrons. The molecule has 0 aliphatic carbocycles. The number of benzene rings is 4. The Bertz CT molecular complexity index is 2680. The fourth-order valence-electron chi connectivity index (χ4n) is 8.66. The first-order chi connectivity index (χ1) is 33.3. The van der Waals surface area contributed by atoms with Crippen LogP contribution >= 0.6 is 0 Å². The van der Waals surface area contributed by atoms with E-state index in [1.807, 2.05) is 0 Å². The van der Waals surface area contributed by atoms with Crippen LogP contribution in [0.15, 0.2) is 24.3 Å². The summed E-state index contributed by atoms with van der Waals surface area (Å²) in [5.41, 5.74) is -1.36. The normalized spacial score (nSPS) is 19.5. The zero-order valence-electron chi connectivity index (χ0n) is 39.9. The summed E-state index contributed by atoms with van der Waals surface area (Å²) >= 11 is 0. The van der Waals surface area contributed by atoms with Gasteiger partial charge in [-0.2, -0.15) is 0 Å². The van der Waals surface area contributed by atoms with Gasteiger partial charge >= 0.3 is 23.9 Å². The third kappa shape index (κ3) is 8.07. The fourth-order valence-corrected chi connectivity index (χ4v) is 8.66. The molecule has 3 heterocycles. The van der Waals surface area contributed by atoms with Crippen LogP contribution in [0.2, 0.25) is 0 Å². The maximum Gasteiger partial charge on any atom is 0.339 e. The molecule has 22 heteroatoms. The number of esters is 4. The van der Waals surface area contributed by atoms with E-state index in [1.54, 1.807) is 0 Å². The molecule has 3 aliphatic heterocycles. The Labute approximate surface area is 395 Å². The molecule has 3 aliphatic rings. The highest BCUT2D eigenvalue weighted by Gasteiger charge is 2.55. The van der Waals surface area contributed by atoms with Gasteiger partial charge in [0.2, 0.25) is 23.0 Å². The molecule has 1 unspecified atom stereocenters. The van der Waals surface area contributed by atoms with Gasteiger partial charge in [-0.1, -0.05) is 0 Å². The molecule has 1 saturated heterocycles. The van der Waals surface area contributed by atoms with E-state index in [1.165, 1.54) is 117 Å². The minimum Gasteiger partial charge on any atom is -0.493 e. The van der Waals surface area contributed by atoms with Crippen LogP contribution in [0.3, 0.4) is 0 Å². The lowest BCUT2D eigenvalue weighted by Gasteiger charge is -2.44. The van der Waals surface area contributed by atoms with Crippen molar-refractivity contribution in [1.29, 1.82) is 0 Å². The van der Waals surface area contributed by atoms with Gasteiger partial charge in [-0.3, -0.25) is 0 Å². The van der Waals surface area contributed by atoms with E-state index in [0.29, 0.717) is 0 Å². The molecule has 5 atom stereocenters. The quantitative estimate of drug-likeness (QED) is 0.127. The molecule has 1 fully saturated rings. The van der Waals surface area contributed by atoms with Gasteiger partial charge < -0.3 is 85.3 Å². The Morgan fingerprint density at radius 1 is 0.362 bits per heavy atom. The molecule has 7 rings (SSSR count). The van der Waals surface area contributed by atoms with Crippen molar-refractivity contribution >= 4 is 23.9 Å². The summed E-state index contributed by atoms with van der Waals surface area (Å²) in [5, 5.41) is 0. The van der Waals surface area contributed by atoms with E-state index in [4.69, 9.17) is 85.3 Å². The van der Waals surface area contributed by atoms with Crippen LogP contribution in [0.5, 0.6) is 69.0 Å². The Balaban J connectivity index is 1.52. The zero-order chi connectivity index (χ0) is 50.0. The van der Waals surface area contributed by atoms with Gasteiger partial charge in [0, 0.05) is 29.4 Å². The van der Waals surface area contributed by atoms with Crippen LogP contribution in [-0.2, 0) is 28.4 Å². The van der Waals surface area contributed by atoms with Crippen molar-refractivity contribution in [3.63, 3.8) is 0 Å². The van der Waals surface area contributed by atoms with Gasteiger partial charge in [0.25, 0.3) is 0 Å². The largest absolute Gasteiger partial charge is 0.493 e. The molecule has 0 bridgehead atoms. The van der Waals surface area contributed by atoms with Crippen molar-refractivity contribution in [1.82, 2.24) is 0 Å². The molecule has 0 aromatic heterocycles. The van der Waals surface area contributed by atoms with Crippen molar-refractivity contribution in [2.24, 2.45) is 0 Å². The molecule has 0 amide bonds. The highest BCUT2D eigenvalue weighted by molar-refractivity contribution is 6.10. The number of cyclic esters (lactones) is 1. The SMILES string of the molecule is COc1cc2c(c(OC)c1OC)-c1c(cc(OC)c(OC)c1OC)C(=O)O[C@H]1[C@@H]3OC(=O)c4cc(OC)c(OC)c(OC)c4-c4c(cc(OC)c(OC)c4OC)C(=O)O[C@H]3C(OC)O[C@@H]1COC2=O. The number of carbonyl (C=O) groups is 4. The van der Waals surface area contributed by atoms with Crippen molar-refractivity contribution in [3.8, 4) is 91.2 Å². The number of rotatable bonds is 13. The monoisotopic (exact) mass is 966 g/mol. The van der Waals surface area contributed by atoms with Crippen molar-refractivity contribution < 1.29 is 104 Å². The second-order valence-corrected chi connectivity index (χ2v) is 14.8. The second kappa shape index (κ2) is 20.2. The molecule has 69 heavy (non-hydrogen) atoms. The predicted octanol–water partition coefficient (Wildman–Crippen LogP) is 4.96. The zero-order valence-corrected chi connectivity index (χ0v) is 39.9. The molecule has 0 saturated carbocycles. The summed E-state index contributed by atoms with van der Waals surface area (Å²) in [6.45, 7) is -0.686. The second-order valence-electron chi connectivity index (χ2n) is 14.8. The standard InChI is InChI=1S/C47H50O22/c1-52-23-14-19-28(37(60-9)32(23)56-5)29-20(15-24(53-2)33(57-6)38(29)61-10)44(49)67-36-27(18-65-43(19)48)66-47(64-13)42-41(36)68-45(50)21-16-25(54-3)34(58-7)39(62-11)30(21)31-22(46(51)69-42)17-26(55-4)35(59-8)40(31)63-12/h14-17,27,36,41-42,47H,18H2,1-13H3/t27-,36-,41+,42-,47?/m1/s1. The summed E-state index contributed by atoms with van der Waals surface area (Å²) < 4.78 is 106. The molecule has 0 N–H and O–H groups in total. The highest BCUT2D eigenvalue weighted by Crippen LogP contribution is 2.57. The maximum absolute atomic E-state index is 15.2. The minimum atomic E-state index is -1.81. The van der Waals surface area contributed by atoms with Crippen LogP contribution < -0.4 is 56.8 Å². The lowest BCUT2D eigenvalue weighted by molar-refractivity contribution is -0.291. The molecular weight excluding hydrogens is 916 g/mol. The Morgan fingerprint density at radius 3 is 0.942 bits per heavy atom. The third-order valence-corrected chi connectivity index (χ3v) is 11.6. The molecule has 4 aromatic carbocycles.